The van der Waals surface area contributed by atoms with Gasteiger partial charge in [-0.3, -0.25) is 14.7 Å². The number of carbonyl (C=O) groups is 1. The fraction of sp³-hybridized carbons (Fsp3) is 0.818. The molecule has 1 atom stereocenters. The van der Waals surface area contributed by atoms with Crippen LogP contribution in [0.5, 0.6) is 0 Å². The summed E-state index contributed by atoms with van der Waals surface area (Å²) in [5, 5.41) is 3.32. The van der Waals surface area contributed by atoms with Crippen LogP contribution in [0.4, 0.5) is 0 Å². The maximum absolute atomic E-state index is 11.7. The Morgan fingerprint density at radius 3 is 2.75 bits per heavy atom. The molecule has 90 valence electrons. The Labute approximate surface area is 96.5 Å². The van der Waals surface area contributed by atoms with Crippen molar-refractivity contribution in [3.05, 3.63) is 0 Å². The fourth-order valence-corrected chi connectivity index (χ4v) is 2.21. The van der Waals surface area contributed by atoms with Crippen molar-refractivity contribution in [1.29, 1.82) is 0 Å². The van der Waals surface area contributed by atoms with E-state index in [0.29, 0.717) is 6.42 Å². The minimum absolute atomic E-state index is 0.154. The Bertz CT molecular complexity index is 296. The Morgan fingerprint density at radius 2 is 2.12 bits per heavy atom. The Hall–Kier alpha value is -0.940. The van der Waals surface area contributed by atoms with E-state index in [2.05, 4.69) is 15.2 Å². The number of piperazine rings is 1. The SMILES string of the molecule is CC1=NC(CN2CCNCC2)CC(=O)N1C. The molecule has 0 aromatic heterocycles. The van der Waals surface area contributed by atoms with Crippen LogP contribution in [0.25, 0.3) is 0 Å². The molecule has 0 spiro atoms. The van der Waals surface area contributed by atoms with Crippen LogP contribution in [-0.2, 0) is 4.79 Å². The van der Waals surface area contributed by atoms with E-state index >= 15 is 0 Å². The van der Waals surface area contributed by atoms with E-state index < -0.39 is 0 Å². The molecule has 5 heteroatoms. The second kappa shape index (κ2) is 4.93. The maximum Gasteiger partial charge on any atom is 0.229 e. The third-order valence-electron chi connectivity index (χ3n) is 3.32. The van der Waals surface area contributed by atoms with Crippen molar-refractivity contribution in [3.63, 3.8) is 0 Å². The van der Waals surface area contributed by atoms with Crippen molar-refractivity contribution in [2.45, 2.75) is 19.4 Å². The molecule has 1 N–H and O–H groups in total. The van der Waals surface area contributed by atoms with Crippen molar-refractivity contribution in [3.8, 4) is 0 Å². The highest BCUT2D eigenvalue weighted by Crippen LogP contribution is 2.12. The Kier molecular flexibility index (Phi) is 3.56. The molecule has 2 aliphatic rings. The van der Waals surface area contributed by atoms with Gasteiger partial charge in [0.2, 0.25) is 5.91 Å². The van der Waals surface area contributed by atoms with Crippen molar-refractivity contribution in [2.75, 3.05) is 39.8 Å². The first-order valence-corrected chi connectivity index (χ1v) is 5.91. The van der Waals surface area contributed by atoms with E-state index in [0.717, 1.165) is 38.6 Å². The van der Waals surface area contributed by atoms with Gasteiger partial charge >= 0.3 is 0 Å². The van der Waals surface area contributed by atoms with Crippen molar-refractivity contribution >= 4 is 11.7 Å². The topological polar surface area (TPSA) is 47.9 Å². The first kappa shape index (κ1) is 11.5. The average Bonchev–Trinajstić information content (AvgIpc) is 2.27. The van der Waals surface area contributed by atoms with E-state index in [1.807, 2.05) is 6.92 Å². The molecule has 0 aliphatic carbocycles. The summed E-state index contributed by atoms with van der Waals surface area (Å²) in [5.41, 5.74) is 0. The molecule has 2 aliphatic heterocycles. The minimum atomic E-state index is 0.154. The molecule has 0 aromatic carbocycles. The van der Waals surface area contributed by atoms with E-state index in [-0.39, 0.29) is 11.9 Å². The molecule has 2 heterocycles. The summed E-state index contributed by atoms with van der Waals surface area (Å²) < 4.78 is 0. The van der Waals surface area contributed by atoms with Gasteiger partial charge in [0.05, 0.1) is 12.5 Å². The van der Waals surface area contributed by atoms with Gasteiger partial charge in [-0.1, -0.05) is 0 Å². The molecule has 5 nitrogen and oxygen atoms in total. The molecule has 16 heavy (non-hydrogen) atoms. The number of nitrogens with one attached hydrogen (secondary N) is 1. The highest BCUT2D eigenvalue weighted by atomic mass is 16.2. The molecule has 1 fully saturated rings. The van der Waals surface area contributed by atoms with E-state index in [1.54, 1.807) is 11.9 Å². The van der Waals surface area contributed by atoms with Crippen LogP contribution >= 0.6 is 0 Å². The predicted molar refractivity (Wildman–Crippen MR) is 63.6 cm³/mol. The average molecular weight is 224 g/mol. The van der Waals surface area contributed by atoms with E-state index in [4.69, 9.17) is 0 Å². The van der Waals surface area contributed by atoms with Gasteiger partial charge < -0.3 is 10.2 Å². The standard InChI is InChI=1S/C11H20N4O/c1-9-13-10(7-11(16)14(9)2)8-15-5-3-12-4-6-15/h10,12H,3-8H2,1-2H3. The molecule has 1 amide bonds. The molecule has 0 aromatic rings. The lowest BCUT2D eigenvalue weighted by Gasteiger charge is -2.32. The van der Waals surface area contributed by atoms with Gasteiger partial charge in [0.25, 0.3) is 0 Å². The summed E-state index contributed by atoms with van der Waals surface area (Å²) in [6.07, 6.45) is 0.553. The summed E-state index contributed by atoms with van der Waals surface area (Å²) in [7, 11) is 1.79. The largest absolute Gasteiger partial charge is 0.314 e. The van der Waals surface area contributed by atoms with Gasteiger partial charge in [0.15, 0.2) is 0 Å². The molecular weight excluding hydrogens is 204 g/mol. The van der Waals surface area contributed by atoms with Gasteiger partial charge in [0.1, 0.15) is 5.84 Å². The van der Waals surface area contributed by atoms with Crippen LogP contribution in [0.2, 0.25) is 0 Å². The first-order valence-electron chi connectivity index (χ1n) is 5.91. The highest BCUT2D eigenvalue weighted by Gasteiger charge is 2.25. The lowest BCUT2D eigenvalue weighted by molar-refractivity contribution is -0.127. The van der Waals surface area contributed by atoms with Gasteiger partial charge in [0, 0.05) is 39.8 Å². The molecule has 0 saturated carbocycles. The summed E-state index contributed by atoms with van der Waals surface area (Å²) in [4.78, 5) is 20.3. The summed E-state index contributed by atoms with van der Waals surface area (Å²) in [5.74, 6) is 1.03. The fourth-order valence-electron chi connectivity index (χ4n) is 2.21. The van der Waals surface area contributed by atoms with Crippen LogP contribution in [-0.4, -0.2) is 67.4 Å². The number of hydrogen-bond acceptors (Lipinski definition) is 4. The number of rotatable bonds is 2. The number of amides is 1. The van der Waals surface area contributed by atoms with Gasteiger partial charge in [-0.2, -0.15) is 0 Å². The van der Waals surface area contributed by atoms with Gasteiger partial charge in [-0.25, -0.2) is 0 Å². The van der Waals surface area contributed by atoms with Crippen LogP contribution in [0.3, 0.4) is 0 Å². The van der Waals surface area contributed by atoms with E-state index in [9.17, 15) is 4.79 Å². The van der Waals surface area contributed by atoms with Crippen LogP contribution in [0.1, 0.15) is 13.3 Å². The Morgan fingerprint density at radius 1 is 1.44 bits per heavy atom. The van der Waals surface area contributed by atoms with Gasteiger partial charge in [-0.05, 0) is 6.92 Å². The maximum atomic E-state index is 11.7. The number of nitrogens with zero attached hydrogens (tertiary/aromatic N) is 3. The highest BCUT2D eigenvalue weighted by molar-refractivity contribution is 5.98. The molecule has 1 saturated heterocycles. The zero-order valence-corrected chi connectivity index (χ0v) is 10.1. The summed E-state index contributed by atoms with van der Waals surface area (Å²) in [6.45, 7) is 7.04. The predicted octanol–water partition coefficient (Wildman–Crippen LogP) is -0.459. The molecule has 0 bridgehead atoms. The quantitative estimate of drug-likeness (QED) is 0.690. The lowest BCUT2D eigenvalue weighted by atomic mass is 10.1. The summed E-state index contributed by atoms with van der Waals surface area (Å²) in [6, 6.07) is 0.154. The monoisotopic (exact) mass is 224 g/mol. The zero-order valence-electron chi connectivity index (χ0n) is 10.1. The van der Waals surface area contributed by atoms with Gasteiger partial charge in [-0.15, -0.1) is 0 Å². The second-order valence-corrected chi connectivity index (χ2v) is 4.54. The number of hydrogen-bond donors (Lipinski definition) is 1. The lowest BCUT2D eigenvalue weighted by Crippen LogP contribution is -2.48. The summed E-state index contributed by atoms with van der Waals surface area (Å²) >= 11 is 0. The molecular formula is C11H20N4O. The first-order chi connectivity index (χ1) is 7.66. The number of aliphatic imine (C=N–C) groups is 1. The third kappa shape index (κ3) is 2.59. The van der Waals surface area contributed by atoms with Crippen molar-refractivity contribution in [1.82, 2.24) is 15.1 Å². The number of amidine groups is 1. The third-order valence-corrected chi connectivity index (χ3v) is 3.32. The van der Waals surface area contributed by atoms with Crippen molar-refractivity contribution < 1.29 is 4.79 Å². The zero-order chi connectivity index (χ0) is 11.5. The Balaban J connectivity index is 1.92. The van der Waals surface area contributed by atoms with Crippen LogP contribution < -0.4 is 5.32 Å². The second-order valence-electron chi connectivity index (χ2n) is 4.54. The normalized spacial score (nSPS) is 28.1. The van der Waals surface area contributed by atoms with Crippen LogP contribution in [0.15, 0.2) is 4.99 Å². The van der Waals surface area contributed by atoms with Crippen LogP contribution in [0, 0.1) is 0 Å². The molecule has 0 radical (unpaired) electrons. The molecule has 1 unspecified atom stereocenters. The van der Waals surface area contributed by atoms with E-state index in [1.165, 1.54) is 0 Å². The molecule has 2 rings (SSSR count). The number of carbonyl (C=O) groups excluding carboxylic acids is 1. The minimum Gasteiger partial charge on any atom is -0.314 e. The smallest absolute Gasteiger partial charge is 0.229 e. The van der Waals surface area contributed by atoms with Crippen molar-refractivity contribution in [2.24, 2.45) is 4.99 Å².